The van der Waals surface area contributed by atoms with Crippen molar-refractivity contribution in [1.82, 2.24) is 0 Å². The van der Waals surface area contributed by atoms with E-state index in [1.54, 1.807) is 42.5 Å². The van der Waals surface area contributed by atoms with Crippen molar-refractivity contribution < 1.29 is 34.0 Å². The molecule has 166 valence electrons. The Balaban J connectivity index is 1.48. The van der Waals surface area contributed by atoms with Crippen molar-refractivity contribution in [2.75, 3.05) is 25.1 Å². The molecule has 8 heteroatoms. The Kier molecular flexibility index (Phi) is 7.49. The van der Waals surface area contributed by atoms with E-state index in [-0.39, 0.29) is 25.5 Å². The molecule has 0 bridgehead atoms. The summed E-state index contributed by atoms with van der Waals surface area (Å²) in [5.41, 5.74) is 0.282. The predicted octanol–water partition coefficient (Wildman–Crippen LogP) is 2.64. The van der Waals surface area contributed by atoms with E-state index in [0.717, 1.165) is 12.0 Å². The molecule has 1 fully saturated rings. The van der Waals surface area contributed by atoms with Gasteiger partial charge in [0.2, 0.25) is 5.91 Å². The van der Waals surface area contributed by atoms with Gasteiger partial charge >= 0.3 is 5.97 Å². The third-order valence-electron chi connectivity index (χ3n) is 4.94. The number of ether oxygens (including phenoxy) is 3. The molecule has 1 aliphatic heterocycles. The van der Waals surface area contributed by atoms with Gasteiger partial charge in [-0.2, -0.15) is 0 Å². The third-order valence-corrected chi connectivity index (χ3v) is 4.94. The Hall–Kier alpha value is -3.10. The fourth-order valence-electron chi connectivity index (χ4n) is 3.43. The molecule has 8 nitrogen and oxygen atoms in total. The molecule has 0 aliphatic carbocycles. The Morgan fingerprint density at radius 1 is 1.13 bits per heavy atom. The van der Waals surface area contributed by atoms with Crippen LogP contribution in [-0.2, 0) is 20.7 Å². The average Bonchev–Trinajstić information content (AvgIpc) is 3.21. The maximum atomic E-state index is 11.7. The molecule has 0 radical (unpaired) electrons. The Morgan fingerprint density at radius 2 is 1.84 bits per heavy atom. The molecule has 0 saturated carbocycles. The number of aliphatic carboxylic acids is 1. The summed E-state index contributed by atoms with van der Waals surface area (Å²) in [6.45, 7) is 1.94. The fraction of sp³-hybridized carbons (Fsp3) is 0.391. The molecule has 2 aromatic carbocycles. The zero-order valence-corrected chi connectivity index (χ0v) is 17.4. The number of aliphatic hydroxyl groups is 1. The van der Waals surface area contributed by atoms with E-state index < -0.39 is 17.7 Å². The first-order chi connectivity index (χ1) is 14.9. The zero-order valence-electron chi connectivity index (χ0n) is 17.4. The van der Waals surface area contributed by atoms with Crippen LogP contribution in [0.4, 0.5) is 5.69 Å². The average molecular weight is 429 g/mol. The van der Waals surface area contributed by atoms with Crippen LogP contribution >= 0.6 is 0 Å². The van der Waals surface area contributed by atoms with Crippen molar-refractivity contribution in [3.05, 3.63) is 54.1 Å². The van der Waals surface area contributed by atoms with Crippen LogP contribution in [0.5, 0.6) is 11.5 Å². The second-order valence-corrected chi connectivity index (χ2v) is 7.56. The number of anilines is 1. The lowest BCUT2D eigenvalue weighted by molar-refractivity contribution is -0.159. The van der Waals surface area contributed by atoms with Gasteiger partial charge in [-0.15, -0.1) is 0 Å². The van der Waals surface area contributed by atoms with E-state index in [1.807, 2.05) is 6.07 Å². The third kappa shape index (κ3) is 6.44. The molecule has 1 unspecified atom stereocenters. The second kappa shape index (κ2) is 10.3. The lowest BCUT2D eigenvalue weighted by Gasteiger charge is -2.23. The van der Waals surface area contributed by atoms with Crippen LogP contribution in [0.2, 0.25) is 0 Å². The Bertz CT molecular complexity index is 891. The highest BCUT2D eigenvalue weighted by Crippen LogP contribution is 2.31. The quantitative estimate of drug-likeness (QED) is 0.532. The zero-order chi connectivity index (χ0) is 22.3. The van der Waals surface area contributed by atoms with Crippen LogP contribution in [0.1, 0.15) is 25.3 Å². The minimum absolute atomic E-state index is 0.0218. The summed E-state index contributed by atoms with van der Waals surface area (Å²) in [7, 11) is 0. The molecular formula is C23H27NO7. The first kappa shape index (κ1) is 22.6. The van der Waals surface area contributed by atoms with E-state index in [1.165, 1.54) is 6.92 Å². The van der Waals surface area contributed by atoms with Crippen LogP contribution in [0, 0.1) is 0 Å². The van der Waals surface area contributed by atoms with Gasteiger partial charge in [0.25, 0.3) is 0 Å². The normalized spacial score (nSPS) is 18.9. The van der Waals surface area contributed by atoms with Crippen molar-refractivity contribution in [2.24, 2.45) is 0 Å². The lowest BCUT2D eigenvalue weighted by Crippen LogP contribution is -2.40. The van der Waals surface area contributed by atoms with E-state index in [0.29, 0.717) is 30.2 Å². The van der Waals surface area contributed by atoms with Gasteiger partial charge in [0, 0.05) is 25.6 Å². The molecule has 2 aromatic rings. The van der Waals surface area contributed by atoms with Gasteiger partial charge in [-0.25, -0.2) is 4.79 Å². The van der Waals surface area contributed by atoms with Crippen LogP contribution in [0.15, 0.2) is 48.5 Å². The van der Waals surface area contributed by atoms with Gasteiger partial charge in [-0.3, -0.25) is 4.79 Å². The van der Waals surface area contributed by atoms with Gasteiger partial charge < -0.3 is 29.7 Å². The molecule has 1 saturated heterocycles. The highest BCUT2D eigenvalue weighted by atomic mass is 16.5. The number of hydrogen-bond donors (Lipinski definition) is 3. The topological polar surface area (TPSA) is 114 Å². The summed E-state index contributed by atoms with van der Waals surface area (Å²) in [4.78, 5) is 22.7. The molecular weight excluding hydrogens is 402 g/mol. The molecule has 0 spiro atoms. The van der Waals surface area contributed by atoms with Crippen molar-refractivity contribution >= 4 is 17.6 Å². The molecule has 3 rings (SSSR count). The SMILES string of the molecule is CC(=O)Nc1ccc(OC[C@H](O)COc2cccc(CC3(C(=O)O)CCCO3)c2)cc1. The van der Waals surface area contributed by atoms with Gasteiger partial charge in [-0.05, 0) is 54.8 Å². The molecule has 31 heavy (non-hydrogen) atoms. The highest BCUT2D eigenvalue weighted by Gasteiger charge is 2.42. The molecule has 3 N–H and O–H groups in total. The summed E-state index contributed by atoms with van der Waals surface area (Å²) < 4.78 is 16.7. The van der Waals surface area contributed by atoms with Crippen LogP contribution in [0.25, 0.3) is 0 Å². The first-order valence-corrected chi connectivity index (χ1v) is 10.1. The number of carboxylic acid groups (broad SMARTS) is 1. The first-order valence-electron chi connectivity index (χ1n) is 10.1. The number of carbonyl (C=O) groups excluding carboxylic acids is 1. The number of rotatable bonds is 10. The smallest absolute Gasteiger partial charge is 0.336 e. The number of carboxylic acids is 1. The second-order valence-electron chi connectivity index (χ2n) is 7.56. The molecule has 2 atom stereocenters. The number of aliphatic hydroxyl groups excluding tert-OH is 1. The van der Waals surface area contributed by atoms with Gasteiger partial charge in [0.1, 0.15) is 30.8 Å². The van der Waals surface area contributed by atoms with Gasteiger partial charge in [-0.1, -0.05) is 12.1 Å². The van der Waals surface area contributed by atoms with Crippen molar-refractivity contribution in [3.63, 3.8) is 0 Å². The minimum Gasteiger partial charge on any atom is -0.491 e. The maximum absolute atomic E-state index is 11.7. The summed E-state index contributed by atoms with van der Waals surface area (Å²) in [6.07, 6.45) is 0.613. The molecule has 0 aromatic heterocycles. The maximum Gasteiger partial charge on any atom is 0.336 e. The molecule has 1 aliphatic rings. The molecule has 1 amide bonds. The minimum atomic E-state index is -1.18. The highest BCUT2D eigenvalue weighted by molar-refractivity contribution is 5.88. The summed E-state index contributed by atoms with van der Waals surface area (Å²) in [6, 6.07) is 14.0. The van der Waals surface area contributed by atoms with Crippen molar-refractivity contribution in [3.8, 4) is 11.5 Å². The van der Waals surface area contributed by atoms with Crippen molar-refractivity contribution in [1.29, 1.82) is 0 Å². The van der Waals surface area contributed by atoms with E-state index in [2.05, 4.69) is 5.32 Å². The lowest BCUT2D eigenvalue weighted by atomic mass is 9.91. The fourth-order valence-corrected chi connectivity index (χ4v) is 3.43. The van der Waals surface area contributed by atoms with E-state index in [9.17, 15) is 19.8 Å². The summed E-state index contributed by atoms with van der Waals surface area (Å²) in [5, 5.41) is 22.4. The number of amides is 1. The van der Waals surface area contributed by atoms with Crippen LogP contribution in [0.3, 0.4) is 0 Å². The van der Waals surface area contributed by atoms with Crippen molar-refractivity contribution in [2.45, 2.75) is 37.9 Å². The number of benzene rings is 2. The van der Waals surface area contributed by atoms with E-state index >= 15 is 0 Å². The largest absolute Gasteiger partial charge is 0.491 e. The van der Waals surface area contributed by atoms with Gasteiger partial charge in [0.05, 0.1) is 0 Å². The number of nitrogens with one attached hydrogen (secondary N) is 1. The Labute approximate surface area is 180 Å². The molecule has 1 heterocycles. The van der Waals surface area contributed by atoms with Crippen LogP contribution < -0.4 is 14.8 Å². The monoisotopic (exact) mass is 429 g/mol. The summed E-state index contributed by atoms with van der Waals surface area (Å²) in [5.74, 6) is -0.00589. The predicted molar refractivity (Wildman–Crippen MR) is 113 cm³/mol. The van der Waals surface area contributed by atoms with Crippen LogP contribution in [-0.4, -0.2) is 53.6 Å². The summed E-state index contributed by atoms with van der Waals surface area (Å²) >= 11 is 0. The Morgan fingerprint density at radius 3 is 2.45 bits per heavy atom. The van der Waals surface area contributed by atoms with E-state index in [4.69, 9.17) is 14.2 Å². The standard InChI is InChI=1S/C23H27NO7/c1-16(25)24-18-6-8-20(9-7-18)29-14-19(26)15-30-21-5-2-4-17(12-21)13-23(22(27)28)10-3-11-31-23/h2,4-9,12,19,26H,3,10-11,13-15H2,1H3,(H,24,25)(H,27,28)/t19-,23?/m0/s1. The number of carbonyl (C=O) groups is 2. The number of hydrogen-bond acceptors (Lipinski definition) is 6. The van der Waals surface area contributed by atoms with Gasteiger partial charge in [0.15, 0.2) is 5.60 Å².